The van der Waals surface area contributed by atoms with E-state index < -0.39 is 14.4 Å². The van der Waals surface area contributed by atoms with Crippen LogP contribution < -0.4 is 5.73 Å². The highest BCUT2D eigenvalue weighted by atomic mass is 28.4. The maximum Gasteiger partial charge on any atom is 0.310 e. The van der Waals surface area contributed by atoms with Crippen molar-refractivity contribution in [2.75, 3.05) is 0 Å². The Hall–Kier alpha value is -0.353. The molecule has 0 aliphatic heterocycles. The van der Waals surface area contributed by atoms with Gasteiger partial charge >= 0.3 is 5.97 Å². The summed E-state index contributed by atoms with van der Waals surface area (Å²) in [4.78, 5) is 11.5. The van der Waals surface area contributed by atoms with E-state index in [-0.39, 0.29) is 11.4 Å². The number of hydrogen-bond donors (Lipinski definition) is 1. The van der Waals surface area contributed by atoms with E-state index in [2.05, 4.69) is 0 Å². The zero-order chi connectivity index (χ0) is 10.9. The molecule has 0 bridgehead atoms. The maximum absolute atomic E-state index is 11.5. The van der Waals surface area contributed by atoms with Gasteiger partial charge in [0.25, 0.3) is 0 Å². The second-order valence-electron chi connectivity index (χ2n) is 5.38. The Kier molecular flexibility index (Phi) is 3.69. The molecule has 4 heteroatoms. The summed E-state index contributed by atoms with van der Waals surface area (Å²) in [6, 6.07) is -0.528. The minimum absolute atomic E-state index is 0.225. The Labute approximate surface area is 81.8 Å². The highest BCUT2D eigenvalue weighted by molar-refractivity contribution is 6.71. The first-order chi connectivity index (χ1) is 5.54. The van der Waals surface area contributed by atoms with Crippen LogP contribution in [0.1, 0.15) is 20.8 Å². The number of nitrogens with two attached hydrogens (primary N) is 1. The SMILES string of the molecule is CC(C)(C)C(N)C(=O)O[Si](C)(C)C. The zero-order valence-electron chi connectivity index (χ0n) is 9.47. The zero-order valence-corrected chi connectivity index (χ0v) is 10.5. The molecule has 0 aliphatic carbocycles. The number of carbonyl (C=O) groups excluding carboxylic acids is 1. The van der Waals surface area contributed by atoms with Gasteiger partial charge in [0.1, 0.15) is 6.04 Å². The Bertz CT molecular complexity index is 191. The van der Waals surface area contributed by atoms with E-state index in [4.69, 9.17) is 10.2 Å². The van der Waals surface area contributed by atoms with Gasteiger partial charge in [0.05, 0.1) is 0 Å². The lowest BCUT2D eigenvalue weighted by Crippen LogP contribution is -2.46. The van der Waals surface area contributed by atoms with Gasteiger partial charge in [0.2, 0.25) is 8.32 Å². The fourth-order valence-electron chi connectivity index (χ4n) is 0.719. The van der Waals surface area contributed by atoms with Crippen molar-refractivity contribution in [1.29, 1.82) is 0 Å². The van der Waals surface area contributed by atoms with Gasteiger partial charge in [-0.3, -0.25) is 4.79 Å². The van der Waals surface area contributed by atoms with Crippen LogP contribution in [0.15, 0.2) is 0 Å². The van der Waals surface area contributed by atoms with Crippen LogP contribution in [0.5, 0.6) is 0 Å². The topological polar surface area (TPSA) is 52.3 Å². The molecule has 1 unspecified atom stereocenters. The van der Waals surface area contributed by atoms with Crippen molar-refractivity contribution in [3.63, 3.8) is 0 Å². The molecule has 0 aromatic heterocycles. The molecule has 2 N–H and O–H groups in total. The van der Waals surface area contributed by atoms with Crippen LogP contribution in [0.2, 0.25) is 19.6 Å². The molecule has 0 saturated heterocycles. The van der Waals surface area contributed by atoms with Crippen molar-refractivity contribution in [3.05, 3.63) is 0 Å². The Morgan fingerprint density at radius 2 is 1.69 bits per heavy atom. The van der Waals surface area contributed by atoms with Crippen molar-refractivity contribution < 1.29 is 9.22 Å². The predicted molar refractivity (Wildman–Crippen MR) is 56.9 cm³/mol. The van der Waals surface area contributed by atoms with Crippen LogP contribution in [0.25, 0.3) is 0 Å². The average molecular weight is 203 g/mol. The molecule has 0 heterocycles. The van der Waals surface area contributed by atoms with Gasteiger partial charge < -0.3 is 10.2 Å². The van der Waals surface area contributed by atoms with Gasteiger partial charge in [-0.05, 0) is 25.1 Å². The molecule has 0 fully saturated rings. The van der Waals surface area contributed by atoms with Crippen molar-refractivity contribution in [1.82, 2.24) is 0 Å². The first-order valence-electron chi connectivity index (χ1n) is 4.52. The van der Waals surface area contributed by atoms with Gasteiger partial charge in [-0.25, -0.2) is 0 Å². The summed E-state index contributed by atoms with van der Waals surface area (Å²) in [5.74, 6) is -0.272. The Morgan fingerprint density at radius 1 is 1.31 bits per heavy atom. The van der Waals surface area contributed by atoms with Crippen LogP contribution in [0.3, 0.4) is 0 Å². The average Bonchev–Trinajstić information content (AvgIpc) is 1.79. The molecule has 0 aliphatic rings. The monoisotopic (exact) mass is 203 g/mol. The summed E-state index contributed by atoms with van der Waals surface area (Å²) in [5, 5.41) is 0. The maximum atomic E-state index is 11.5. The van der Waals surface area contributed by atoms with E-state index in [1.165, 1.54) is 0 Å². The third-order valence-electron chi connectivity index (χ3n) is 1.59. The fourth-order valence-corrected chi connectivity index (χ4v) is 1.45. The lowest BCUT2D eigenvalue weighted by atomic mass is 9.88. The van der Waals surface area contributed by atoms with Crippen LogP contribution in [-0.2, 0) is 9.22 Å². The fraction of sp³-hybridized carbons (Fsp3) is 0.889. The Morgan fingerprint density at radius 3 is 1.92 bits per heavy atom. The molecule has 0 spiro atoms. The Balaban J connectivity index is 4.30. The van der Waals surface area contributed by atoms with E-state index in [9.17, 15) is 4.79 Å². The van der Waals surface area contributed by atoms with Crippen molar-refractivity contribution in [2.45, 2.75) is 46.5 Å². The quantitative estimate of drug-likeness (QED) is 0.695. The molecular weight excluding hydrogens is 182 g/mol. The molecule has 13 heavy (non-hydrogen) atoms. The van der Waals surface area contributed by atoms with E-state index in [1.54, 1.807) is 0 Å². The summed E-state index contributed by atoms with van der Waals surface area (Å²) in [5.41, 5.74) is 5.52. The summed E-state index contributed by atoms with van der Waals surface area (Å²) in [6.45, 7) is 11.7. The largest absolute Gasteiger partial charge is 0.519 e. The number of carbonyl (C=O) groups is 1. The first kappa shape index (κ1) is 12.6. The van der Waals surface area contributed by atoms with Crippen molar-refractivity contribution in [3.8, 4) is 0 Å². The lowest BCUT2D eigenvalue weighted by Gasteiger charge is -2.28. The molecule has 0 amide bonds. The lowest BCUT2D eigenvalue weighted by molar-refractivity contribution is -0.139. The van der Waals surface area contributed by atoms with Crippen molar-refractivity contribution >= 4 is 14.3 Å². The highest BCUT2D eigenvalue weighted by Crippen LogP contribution is 2.19. The minimum Gasteiger partial charge on any atom is -0.519 e. The second-order valence-corrected chi connectivity index (χ2v) is 9.81. The van der Waals surface area contributed by atoms with Gasteiger partial charge in [0.15, 0.2) is 0 Å². The van der Waals surface area contributed by atoms with Crippen LogP contribution in [0, 0.1) is 5.41 Å². The van der Waals surface area contributed by atoms with Gasteiger partial charge in [-0.1, -0.05) is 20.8 Å². The van der Waals surface area contributed by atoms with Gasteiger partial charge in [-0.15, -0.1) is 0 Å². The van der Waals surface area contributed by atoms with Crippen LogP contribution in [-0.4, -0.2) is 20.3 Å². The molecule has 0 saturated carbocycles. The van der Waals surface area contributed by atoms with Crippen molar-refractivity contribution in [2.24, 2.45) is 11.1 Å². The second kappa shape index (κ2) is 3.80. The molecule has 1 atom stereocenters. The molecule has 0 rings (SSSR count). The first-order valence-corrected chi connectivity index (χ1v) is 7.93. The molecule has 78 valence electrons. The third-order valence-corrected chi connectivity index (χ3v) is 2.41. The van der Waals surface area contributed by atoms with E-state index in [0.29, 0.717) is 0 Å². The van der Waals surface area contributed by atoms with E-state index in [1.807, 2.05) is 40.4 Å². The smallest absolute Gasteiger partial charge is 0.310 e. The third kappa shape index (κ3) is 5.05. The summed E-state index contributed by atoms with van der Waals surface area (Å²) in [7, 11) is -1.79. The minimum atomic E-state index is -1.79. The summed E-state index contributed by atoms with van der Waals surface area (Å²) < 4.78 is 5.30. The summed E-state index contributed by atoms with van der Waals surface area (Å²) >= 11 is 0. The molecule has 0 aromatic carbocycles. The molecule has 0 radical (unpaired) electrons. The van der Waals surface area contributed by atoms with E-state index >= 15 is 0 Å². The normalized spacial score (nSPS) is 15.3. The number of rotatable bonds is 2. The molecule has 0 aromatic rings. The van der Waals surface area contributed by atoms with Crippen LogP contribution >= 0.6 is 0 Å². The summed E-state index contributed by atoms with van der Waals surface area (Å²) in [6.07, 6.45) is 0. The van der Waals surface area contributed by atoms with Crippen LogP contribution in [0.4, 0.5) is 0 Å². The molecular formula is C9H21NO2Si. The number of hydrogen-bond acceptors (Lipinski definition) is 3. The van der Waals surface area contributed by atoms with E-state index in [0.717, 1.165) is 0 Å². The van der Waals surface area contributed by atoms with Gasteiger partial charge in [-0.2, -0.15) is 0 Å². The predicted octanol–water partition coefficient (Wildman–Crippen LogP) is 1.74. The molecule has 3 nitrogen and oxygen atoms in total. The highest BCUT2D eigenvalue weighted by Gasteiger charge is 2.31. The standard InChI is InChI=1S/C9H21NO2Si/c1-9(2,3)7(10)8(11)12-13(4,5)6/h7H,10H2,1-6H3. The van der Waals surface area contributed by atoms with Gasteiger partial charge in [0, 0.05) is 0 Å².